The molecule has 0 atom stereocenters. The fraction of sp³-hybridized carbons (Fsp3) is 0.290. The first-order chi connectivity index (χ1) is 20.0. The van der Waals surface area contributed by atoms with Gasteiger partial charge in [-0.25, -0.2) is 22.5 Å². The Kier molecular flexibility index (Phi) is 7.08. The molecular formula is C31H27F3N2O5S. The first-order valence-corrected chi connectivity index (χ1v) is 15.0. The molecule has 0 N–H and O–H groups in total. The van der Waals surface area contributed by atoms with Crippen LogP contribution in [-0.2, 0) is 21.3 Å². The molecule has 0 radical (unpaired) electrons. The van der Waals surface area contributed by atoms with Crippen LogP contribution in [0.4, 0.5) is 19.0 Å². The number of nitrogens with zero attached hydrogens (tertiary/aromatic N) is 2. The van der Waals surface area contributed by atoms with Gasteiger partial charge in [0, 0.05) is 17.1 Å². The number of pyridine rings is 1. The van der Waals surface area contributed by atoms with Gasteiger partial charge in [-0.1, -0.05) is 36.4 Å². The molecule has 0 saturated heterocycles. The number of sulfonamides is 1. The predicted octanol–water partition coefficient (Wildman–Crippen LogP) is 7.07. The van der Waals surface area contributed by atoms with E-state index in [0.29, 0.717) is 16.7 Å². The van der Waals surface area contributed by atoms with Crippen molar-refractivity contribution in [1.82, 2.24) is 4.98 Å². The highest BCUT2D eigenvalue weighted by Gasteiger charge is 2.37. The second-order valence-electron chi connectivity index (χ2n) is 10.6. The summed E-state index contributed by atoms with van der Waals surface area (Å²) in [5.74, 6) is -0.481. The molecule has 3 aromatic carbocycles. The minimum atomic E-state index is -4.85. The van der Waals surface area contributed by atoms with E-state index in [1.807, 2.05) is 24.3 Å². The van der Waals surface area contributed by atoms with Gasteiger partial charge in [0.1, 0.15) is 11.6 Å². The number of ether oxygens (including phenoxy) is 2. The second-order valence-corrected chi connectivity index (χ2v) is 12.4. The third kappa shape index (κ3) is 5.65. The van der Waals surface area contributed by atoms with Crippen LogP contribution < -0.4 is 9.04 Å². The van der Waals surface area contributed by atoms with E-state index in [-0.39, 0.29) is 29.1 Å². The number of esters is 1. The summed E-state index contributed by atoms with van der Waals surface area (Å²) in [5.41, 5.74) is 2.21. The highest BCUT2D eigenvalue weighted by atomic mass is 32.2. The average molecular weight is 597 g/mol. The molecule has 0 aliphatic heterocycles. The van der Waals surface area contributed by atoms with E-state index in [9.17, 15) is 26.4 Å². The molecule has 11 heteroatoms. The van der Waals surface area contributed by atoms with Crippen molar-refractivity contribution in [3.63, 3.8) is 0 Å². The molecule has 0 unspecified atom stereocenters. The summed E-state index contributed by atoms with van der Waals surface area (Å²) in [6.07, 6.45) is 0.235. The highest BCUT2D eigenvalue weighted by Crippen LogP contribution is 2.48. The lowest BCUT2D eigenvalue weighted by Crippen LogP contribution is -2.32. The van der Waals surface area contributed by atoms with Gasteiger partial charge in [-0.15, -0.1) is 13.2 Å². The Balaban J connectivity index is 1.47. The second kappa shape index (κ2) is 10.6. The third-order valence-electron chi connectivity index (χ3n) is 7.56. The molecule has 0 amide bonds. The Bertz CT molecular complexity index is 1770. The molecule has 2 saturated carbocycles. The molecule has 2 fully saturated rings. The van der Waals surface area contributed by atoms with Crippen molar-refractivity contribution >= 4 is 32.6 Å². The number of anilines is 1. The molecular weight excluding hydrogens is 569 g/mol. The van der Waals surface area contributed by atoms with Crippen molar-refractivity contribution in [3.05, 3.63) is 95.2 Å². The van der Waals surface area contributed by atoms with E-state index < -0.39 is 28.1 Å². The van der Waals surface area contributed by atoms with E-state index in [0.717, 1.165) is 54.2 Å². The van der Waals surface area contributed by atoms with E-state index in [1.54, 1.807) is 6.20 Å². The van der Waals surface area contributed by atoms with Crippen molar-refractivity contribution < 1.29 is 35.9 Å². The van der Waals surface area contributed by atoms with Crippen LogP contribution >= 0.6 is 0 Å². The van der Waals surface area contributed by atoms with Gasteiger partial charge in [-0.3, -0.25) is 0 Å². The van der Waals surface area contributed by atoms with Crippen LogP contribution in [0, 0.1) is 0 Å². The van der Waals surface area contributed by atoms with Gasteiger partial charge in [-0.2, -0.15) is 0 Å². The normalized spacial score (nSPS) is 15.4. The number of benzene rings is 3. The van der Waals surface area contributed by atoms with Gasteiger partial charge < -0.3 is 9.47 Å². The lowest BCUT2D eigenvalue weighted by atomic mass is 10.0. The van der Waals surface area contributed by atoms with Gasteiger partial charge in [0.05, 0.1) is 24.1 Å². The molecule has 42 heavy (non-hydrogen) atoms. The number of hydrogen-bond donors (Lipinski definition) is 0. The van der Waals surface area contributed by atoms with Crippen molar-refractivity contribution in [2.24, 2.45) is 0 Å². The first kappa shape index (κ1) is 28.0. The highest BCUT2D eigenvalue weighted by molar-refractivity contribution is 7.92. The Hall–Kier alpha value is -4.12. The van der Waals surface area contributed by atoms with Crippen LogP contribution in [-0.4, -0.2) is 32.8 Å². The maximum atomic E-state index is 14.5. The van der Waals surface area contributed by atoms with Gasteiger partial charge >= 0.3 is 12.3 Å². The number of halogens is 3. The average Bonchev–Trinajstić information content (AvgIpc) is 3.89. The summed E-state index contributed by atoms with van der Waals surface area (Å²) in [5, 5.41) is 1.78. The molecule has 2 aliphatic rings. The van der Waals surface area contributed by atoms with Gasteiger partial charge in [0.25, 0.3) is 10.0 Å². The van der Waals surface area contributed by atoms with Crippen LogP contribution in [0.5, 0.6) is 5.75 Å². The summed E-state index contributed by atoms with van der Waals surface area (Å²) in [7, 11) is -2.98. The summed E-state index contributed by atoms with van der Waals surface area (Å²) >= 11 is 0. The molecule has 0 bridgehead atoms. The van der Waals surface area contributed by atoms with Crippen LogP contribution in [0.15, 0.2) is 77.8 Å². The number of fused-ring (bicyclic) bond motifs is 1. The van der Waals surface area contributed by atoms with E-state index in [2.05, 4.69) is 9.72 Å². The Labute approximate surface area is 240 Å². The van der Waals surface area contributed by atoms with Crippen molar-refractivity contribution in [3.8, 4) is 5.75 Å². The minimum absolute atomic E-state index is 0.00853. The SMILES string of the molecule is COC(=O)c1ccc(S(=O)(=O)N(Cc2ccc(OC(F)(F)F)cc2)c2ncc3ccccc3c2C2CC2)cc1C1CC1. The summed E-state index contributed by atoms with van der Waals surface area (Å²) in [6.45, 7) is -0.183. The number of carbonyl (C=O) groups excluding carboxylic acids is 1. The van der Waals surface area contributed by atoms with Gasteiger partial charge in [0.15, 0.2) is 0 Å². The first-order valence-electron chi connectivity index (χ1n) is 13.5. The van der Waals surface area contributed by atoms with Crippen molar-refractivity contribution in [1.29, 1.82) is 0 Å². The molecule has 0 spiro atoms. The number of hydrogen-bond acceptors (Lipinski definition) is 6. The number of carbonyl (C=O) groups is 1. The Morgan fingerprint density at radius 2 is 1.67 bits per heavy atom. The van der Waals surface area contributed by atoms with E-state index >= 15 is 0 Å². The zero-order valence-corrected chi connectivity index (χ0v) is 23.4. The molecule has 4 aromatic rings. The number of aromatic nitrogens is 1. The van der Waals surface area contributed by atoms with Crippen LogP contribution in [0.2, 0.25) is 0 Å². The van der Waals surface area contributed by atoms with Crippen molar-refractivity contribution in [2.45, 2.75) is 55.3 Å². The standard InChI is InChI=1S/C31H27F3N2O5S/c1-40-30(37)26-15-14-24(16-27(26)20-8-9-20)42(38,39)36(18-19-6-12-23(13-7-19)41-31(32,33)34)29-28(21-10-11-21)25-5-3-2-4-22(25)17-35-29/h2-7,12-17,20-21H,8-11,18H2,1H3. The van der Waals surface area contributed by atoms with Crippen LogP contribution in [0.1, 0.15) is 64.6 Å². The van der Waals surface area contributed by atoms with Gasteiger partial charge in [0.2, 0.25) is 0 Å². The Morgan fingerprint density at radius 3 is 2.31 bits per heavy atom. The van der Waals surface area contributed by atoms with E-state index in [4.69, 9.17) is 4.74 Å². The maximum Gasteiger partial charge on any atom is 0.573 e. The van der Waals surface area contributed by atoms with Crippen molar-refractivity contribution in [2.75, 3.05) is 11.4 Å². The van der Waals surface area contributed by atoms with Gasteiger partial charge in [-0.05, 0) is 84.4 Å². The number of methoxy groups -OCH3 is 1. The molecule has 6 rings (SSSR count). The van der Waals surface area contributed by atoms with Crippen LogP contribution in [0.25, 0.3) is 10.8 Å². The minimum Gasteiger partial charge on any atom is -0.465 e. The molecule has 218 valence electrons. The summed E-state index contributed by atoms with van der Waals surface area (Å²) in [4.78, 5) is 17.1. The largest absolute Gasteiger partial charge is 0.573 e. The quantitative estimate of drug-likeness (QED) is 0.192. The third-order valence-corrected chi connectivity index (χ3v) is 9.29. The van der Waals surface area contributed by atoms with E-state index in [1.165, 1.54) is 41.7 Å². The number of rotatable bonds is 9. The summed E-state index contributed by atoms with van der Waals surface area (Å²) in [6, 6.07) is 17.1. The lowest BCUT2D eigenvalue weighted by Gasteiger charge is -2.27. The predicted molar refractivity (Wildman–Crippen MR) is 150 cm³/mol. The topological polar surface area (TPSA) is 85.8 Å². The van der Waals surface area contributed by atoms with Crippen LogP contribution in [0.3, 0.4) is 0 Å². The maximum absolute atomic E-state index is 14.5. The molecule has 1 aromatic heterocycles. The Morgan fingerprint density at radius 1 is 0.976 bits per heavy atom. The zero-order chi connectivity index (χ0) is 29.6. The smallest absolute Gasteiger partial charge is 0.465 e. The fourth-order valence-electron chi connectivity index (χ4n) is 5.24. The molecule has 7 nitrogen and oxygen atoms in total. The molecule has 1 heterocycles. The zero-order valence-electron chi connectivity index (χ0n) is 22.6. The molecule has 2 aliphatic carbocycles. The monoisotopic (exact) mass is 596 g/mol. The fourth-order valence-corrected chi connectivity index (χ4v) is 6.70. The number of alkyl halides is 3. The lowest BCUT2D eigenvalue weighted by molar-refractivity contribution is -0.274. The summed E-state index contributed by atoms with van der Waals surface area (Å²) < 4.78 is 77.2.